The van der Waals surface area contributed by atoms with E-state index in [-0.39, 0.29) is 34.6 Å². The number of allylic oxidation sites excluding steroid dienone is 2. The number of piperidine rings is 1. The fourth-order valence-corrected chi connectivity index (χ4v) is 9.01. The molecule has 0 aromatic rings. The van der Waals surface area contributed by atoms with Gasteiger partial charge in [0.15, 0.2) is 0 Å². The van der Waals surface area contributed by atoms with Crippen molar-refractivity contribution in [1.82, 2.24) is 4.90 Å². The van der Waals surface area contributed by atoms with Gasteiger partial charge >= 0.3 is 5.97 Å². The van der Waals surface area contributed by atoms with Crippen LogP contribution in [0.4, 0.5) is 0 Å². The van der Waals surface area contributed by atoms with Gasteiger partial charge in [-0.15, -0.1) is 0 Å². The Hall–Kier alpha value is -1.16. The number of nitrogens with zero attached hydrogens (tertiary/aromatic N) is 1. The van der Waals surface area contributed by atoms with Crippen molar-refractivity contribution < 1.29 is 14.3 Å². The van der Waals surface area contributed by atoms with E-state index in [9.17, 15) is 9.59 Å². The number of methoxy groups -OCH3 is 1. The van der Waals surface area contributed by atoms with Crippen molar-refractivity contribution in [2.75, 3.05) is 20.2 Å². The molecule has 0 aromatic heterocycles. The number of hydrogen-bond acceptors (Lipinski definition) is 4. The molecular formula is C23H31NO3. The van der Waals surface area contributed by atoms with Crippen LogP contribution < -0.4 is 0 Å². The zero-order valence-electron chi connectivity index (χ0n) is 16.8. The van der Waals surface area contributed by atoms with Crippen molar-refractivity contribution in [3.63, 3.8) is 0 Å². The lowest BCUT2D eigenvalue weighted by molar-refractivity contribution is -0.159. The smallest absolute Gasteiger partial charge is 0.309 e. The fourth-order valence-electron chi connectivity index (χ4n) is 9.01. The predicted molar refractivity (Wildman–Crippen MR) is 101 cm³/mol. The molecular weight excluding hydrogens is 338 g/mol. The number of rotatable bonds is 1. The highest BCUT2D eigenvalue weighted by molar-refractivity contribution is 5.95. The van der Waals surface area contributed by atoms with E-state index in [0.717, 1.165) is 45.2 Å². The van der Waals surface area contributed by atoms with Gasteiger partial charge in [0.25, 0.3) is 0 Å². The first-order valence-corrected chi connectivity index (χ1v) is 11.0. The number of Topliss-reactive ketones (excluding diaryl/α,β-unsaturated/α-hetero) is 1. The summed E-state index contributed by atoms with van der Waals surface area (Å²) in [4.78, 5) is 29.7. The normalized spacial score (nSPS) is 52.8. The minimum atomic E-state index is -0.388. The van der Waals surface area contributed by atoms with Crippen LogP contribution in [0.1, 0.15) is 52.4 Å². The summed E-state index contributed by atoms with van der Waals surface area (Å²) in [5, 5.41) is 0. The molecule has 2 saturated carbocycles. The van der Waals surface area contributed by atoms with E-state index < -0.39 is 0 Å². The summed E-state index contributed by atoms with van der Waals surface area (Å²) in [6.07, 6.45) is 6.30. The molecule has 4 aliphatic carbocycles. The van der Waals surface area contributed by atoms with Gasteiger partial charge in [-0.25, -0.2) is 0 Å². The molecule has 8 atom stereocenters. The number of hydrogen-bond donors (Lipinski definition) is 0. The summed E-state index contributed by atoms with van der Waals surface area (Å²) in [6, 6.07) is 0.519. The van der Waals surface area contributed by atoms with Gasteiger partial charge in [-0.3, -0.25) is 14.5 Å². The highest BCUT2D eigenvalue weighted by Gasteiger charge is 2.76. The second kappa shape index (κ2) is 5.06. The van der Waals surface area contributed by atoms with E-state index in [1.54, 1.807) is 5.57 Å². The van der Waals surface area contributed by atoms with Gasteiger partial charge in [0.2, 0.25) is 0 Å². The van der Waals surface area contributed by atoms with E-state index >= 15 is 0 Å². The molecule has 2 heterocycles. The molecule has 1 spiro atoms. The van der Waals surface area contributed by atoms with Gasteiger partial charge < -0.3 is 4.74 Å². The van der Waals surface area contributed by atoms with E-state index in [1.807, 2.05) is 0 Å². The zero-order valence-corrected chi connectivity index (χ0v) is 16.8. The van der Waals surface area contributed by atoms with Gasteiger partial charge in [0.1, 0.15) is 5.78 Å². The van der Waals surface area contributed by atoms with Gasteiger partial charge in [-0.1, -0.05) is 25.0 Å². The number of ketones is 1. The van der Waals surface area contributed by atoms with Gasteiger partial charge in [0, 0.05) is 30.5 Å². The maximum atomic E-state index is 14.3. The minimum Gasteiger partial charge on any atom is -0.469 e. The molecule has 4 heteroatoms. The van der Waals surface area contributed by atoms with Crippen molar-refractivity contribution >= 4 is 11.8 Å². The summed E-state index contributed by atoms with van der Waals surface area (Å²) in [5.74, 6) is 1.79. The average Bonchev–Trinajstić information content (AvgIpc) is 3.27. The molecule has 0 radical (unpaired) electrons. The SMILES string of the molecule is COC(=O)[C@@H]1C[C@@]23C(=O)[C@@H]4CC5N(C[C@@H](CCC6=C2[C@@H]1CC6)[C@]53C)C[C@H]4C. The Morgan fingerprint density at radius 1 is 1.19 bits per heavy atom. The van der Waals surface area contributed by atoms with Crippen LogP contribution in [0.2, 0.25) is 0 Å². The predicted octanol–water partition coefficient (Wildman–Crippen LogP) is 3.21. The minimum absolute atomic E-state index is 0.00314. The molecule has 4 fully saturated rings. The van der Waals surface area contributed by atoms with Crippen molar-refractivity contribution in [3.8, 4) is 0 Å². The van der Waals surface area contributed by atoms with Crippen molar-refractivity contribution in [2.24, 2.45) is 40.4 Å². The molecule has 1 unspecified atom stereocenters. The Kier molecular flexibility index (Phi) is 3.14. The van der Waals surface area contributed by atoms with Crippen LogP contribution >= 0.6 is 0 Å². The second-order valence-electron chi connectivity index (χ2n) is 10.6. The topological polar surface area (TPSA) is 46.6 Å². The number of ether oxygens (including phenoxy) is 1. The van der Waals surface area contributed by atoms with Gasteiger partial charge in [0.05, 0.1) is 18.4 Å². The summed E-state index contributed by atoms with van der Waals surface area (Å²) in [5.41, 5.74) is 2.61. The van der Waals surface area contributed by atoms with Crippen molar-refractivity contribution in [3.05, 3.63) is 11.1 Å². The van der Waals surface area contributed by atoms with E-state index in [1.165, 1.54) is 19.1 Å². The molecule has 4 nitrogen and oxygen atoms in total. The van der Waals surface area contributed by atoms with Crippen LogP contribution in [0.3, 0.4) is 0 Å². The molecule has 6 aliphatic rings. The number of fused-ring (bicyclic) bond motifs is 1. The third-order valence-corrected chi connectivity index (χ3v) is 10.1. The lowest BCUT2D eigenvalue weighted by Gasteiger charge is -2.59. The van der Waals surface area contributed by atoms with E-state index in [4.69, 9.17) is 4.74 Å². The molecule has 2 bridgehead atoms. The molecule has 6 rings (SSSR count). The van der Waals surface area contributed by atoms with E-state index in [0.29, 0.717) is 23.7 Å². The molecule has 2 aliphatic heterocycles. The Bertz CT molecular complexity index is 786. The first kappa shape index (κ1) is 16.8. The molecule has 146 valence electrons. The van der Waals surface area contributed by atoms with Gasteiger partial charge in [-0.2, -0.15) is 0 Å². The molecule has 0 amide bonds. The first-order chi connectivity index (χ1) is 12.9. The highest BCUT2D eigenvalue weighted by Crippen LogP contribution is 2.74. The molecule has 0 N–H and O–H groups in total. The largest absolute Gasteiger partial charge is 0.469 e. The van der Waals surface area contributed by atoms with E-state index in [2.05, 4.69) is 18.7 Å². The number of esters is 1. The third-order valence-electron chi connectivity index (χ3n) is 10.1. The van der Waals surface area contributed by atoms with Gasteiger partial charge in [-0.05, 0) is 56.3 Å². The monoisotopic (exact) mass is 369 g/mol. The highest BCUT2D eigenvalue weighted by atomic mass is 16.5. The van der Waals surface area contributed by atoms with Crippen LogP contribution in [-0.4, -0.2) is 42.9 Å². The summed E-state index contributed by atoms with van der Waals surface area (Å²) < 4.78 is 5.24. The Morgan fingerprint density at radius 2 is 1.96 bits per heavy atom. The lowest BCUT2D eigenvalue weighted by Crippen LogP contribution is -2.64. The Morgan fingerprint density at radius 3 is 2.74 bits per heavy atom. The maximum Gasteiger partial charge on any atom is 0.309 e. The molecule has 0 aromatic carbocycles. The Labute approximate surface area is 161 Å². The zero-order chi connectivity index (χ0) is 18.7. The van der Waals surface area contributed by atoms with Crippen LogP contribution in [0.5, 0.6) is 0 Å². The summed E-state index contributed by atoms with van der Waals surface area (Å²) >= 11 is 0. The standard InChI is InChI=1S/C23H31NO3/c1-12-10-24-11-14-6-4-13-5-7-15-17(21(26)27-3)9-23(19(13)15)20(25)16(12)8-18(24)22(14,23)2/h12,14-18H,4-11H2,1-3H3/t12-,14-,15-,16-,17-,18?,22-,23+/m1/s1. The lowest BCUT2D eigenvalue weighted by atomic mass is 9.45. The van der Waals surface area contributed by atoms with Crippen molar-refractivity contribution in [1.29, 1.82) is 0 Å². The van der Waals surface area contributed by atoms with Crippen LogP contribution in [0, 0.1) is 40.4 Å². The number of carbonyl (C=O) groups is 2. The fraction of sp³-hybridized carbons (Fsp3) is 0.826. The Balaban J connectivity index is 1.62. The third kappa shape index (κ3) is 1.64. The maximum absolute atomic E-state index is 14.3. The van der Waals surface area contributed by atoms with Crippen LogP contribution in [0.25, 0.3) is 0 Å². The van der Waals surface area contributed by atoms with Crippen LogP contribution in [0.15, 0.2) is 11.1 Å². The molecule has 2 saturated heterocycles. The second-order valence-corrected chi connectivity index (χ2v) is 10.6. The first-order valence-electron chi connectivity index (χ1n) is 11.0. The van der Waals surface area contributed by atoms with Crippen molar-refractivity contribution in [2.45, 2.75) is 58.4 Å². The number of carbonyl (C=O) groups excluding carboxylic acids is 2. The summed E-state index contributed by atoms with van der Waals surface area (Å²) in [6.45, 7) is 6.96. The van der Waals surface area contributed by atoms with Crippen LogP contribution in [-0.2, 0) is 14.3 Å². The summed E-state index contributed by atoms with van der Waals surface area (Å²) in [7, 11) is 1.51. The quantitative estimate of drug-likeness (QED) is 0.526. The average molecular weight is 370 g/mol. The molecule has 27 heavy (non-hydrogen) atoms.